The first-order chi connectivity index (χ1) is 15.4. The molecule has 2 aliphatic heterocycles. The SMILES string of the molecule is C/C(CCN1CCCCc2nc(C)c(C)cc21)=N/O[C@H](C)c1cn([C@@H]2COC[C@H]2O)nn1. The Balaban J connectivity index is 1.34. The zero-order valence-corrected chi connectivity index (χ0v) is 19.5. The molecule has 4 heterocycles. The van der Waals surface area contributed by atoms with Crippen LogP contribution in [0, 0.1) is 13.8 Å². The smallest absolute Gasteiger partial charge is 0.169 e. The summed E-state index contributed by atoms with van der Waals surface area (Å²) in [6.45, 7) is 10.8. The predicted molar refractivity (Wildman–Crippen MR) is 122 cm³/mol. The summed E-state index contributed by atoms with van der Waals surface area (Å²) in [6.07, 6.45) is 5.12. The molecule has 9 heteroatoms. The fraction of sp³-hybridized carbons (Fsp3) is 0.652. The van der Waals surface area contributed by atoms with Crippen molar-refractivity contribution in [2.45, 2.75) is 71.6 Å². The highest BCUT2D eigenvalue weighted by Crippen LogP contribution is 2.27. The number of aliphatic hydroxyl groups excluding tert-OH is 1. The molecule has 0 amide bonds. The molecule has 0 radical (unpaired) electrons. The summed E-state index contributed by atoms with van der Waals surface area (Å²) in [4.78, 5) is 13.0. The molecular weight excluding hydrogens is 408 g/mol. The van der Waals surface area contributed by atoms with Gasteiger partial charge in [0.25, 0.3) is 0 Å². The first-order valence-corrected chi connectivity index (χ1v) is 11.5. The van der Waals surface area contributed by atoms with Crippen molar-refractivity contribution in [1.82, 2.24) is 20.0 Å². The van der Waals surface area contributed by atoms with Crippen molar-refractivity contribution in [3.05, 3.63) is 34.9 Å². The highest BCUT2D eigenvalue weighted by molar-refractivity contribution is 5.81. The van der Waals surface area contributed by atoms with Gasteiger partial charge >= 0.3 is 0 Å². The fourth-order valence-corrected chi connectivity index (χ4v) is 4.13. The minimum absolute atomic E-state index is 0.202. The highest BCUT2D eigenvalue weighted by Gasteiger charge is 2.29. The van der Waals surface area contributed by atoms with E-state index >= 15 is 0 Å². The number of rotatable bonds is 7. The molecule has 2 aromatic rings. The lowest BCUT2D eigenvalue weighted by Crippen LogP contribution is -2.27. The van der Waals surface area contributed by atoms with Crippen molar-refractivity contribution >= 4 is 11.4 Å². The molecule has 9 nitrogen and oxygen atoms in total. The summed E-state index contributed by atoms with van der Waals surface area (Å²) in [7, 11) is 0. The molecule has 1 fully saturated rings. The first kappa shape index (κ1) is 22.7. The molecule has 1 saturated heterocycles. The van der Waals surface area contributed by atoms with Gasteiger partial charge in [0.1, 0.15) is 17.8 Å². The van der Waals surface area contributed by atoms with Gasteiger partial charge in [-0.1, -0.05) is 10.4 Å². The molecule has 32 heavy (non-hydrogen) atoms. The molecule has 0 bridgehead atoms. The third-order valence-corrected chi connectivity index (χ3v) is 6.37. The Kier molecular flexibility index (Phi) is 7.05. The summed E-state index contributed by atoms with van der Waals surface area (Å²) in [5.74, 6) is 0. The van der Waals surface area contributed by atoms with Crippen LogP contribution in [0.3, 0.4) is 0 Å². The number of anilines is 1. The fourth-order valence-electron chi connectivity index (χ4n) is 4.13. The quantitative estimate of drug-likeness (QED) is 0.520. The van der Waals surface area contributed by atoms with Gasteiger partial charge < -0.3 is 19.6 Å². The van der Waals surface area contributed by atoms with Gasteiger partial charge in [0.15, 0.2) is 6.10 Å². The van der Waals surface area contributed by atoms with E-state index in [1.165, 1.54) is 29.8 Å². The van der Waals surface area contributed by atoms with Crippen molar-refractivity contribution < 1.29 is 14.7 Å². The lowest BCUT2D eigenvalue weighted by atomic mass is 10.1. The second kappa shape index (κ2) is 9.95. The van der Waals surface area contributed by atoms with Crippen LogP contribution in [0.1, 0.15) is 67.9 Å². The molecular formula is C23H34N6O3. The van der Waals surface area contributed by atoms with Crippen molar-refractivity contribution in [3.8, 4) is 0 Å². The maximum absolute atomic E-state index is 9.97. The Morgan fingerprint density at radius 1 is 1.34 bits per heavy atom. The number of nitrogens with zero attached hydrogens (tertiary/aromatic N) is 6. The zero-order chi connectivity index (χ0) is 22.7. The minimum atomic E-state index is -0.562. The highest BCUT2D eigenvalue weighted by atomic mass is 16.6. The van der Waals surface area contributed by atoms with Gasteiger partial charge in [-0.05, 0) is 58.6 Å². The van der Waals surface area contributed by atoms with Gasteiger partial charge in [-0.15, -0.1) is 5.10 Å². The van der Waals surface area contributed by atoms with Crippen molar-refractivity contribution in [3.63, 3.8) is 0 Å². The third-order valence-electron chi connectivity index (χ3n) is 6.37. The van der Waals surface area contributed by atoms with Gasteiger partial charge in [-0.2, -0.15) is 0 Å². The maximum atomic E-state index is 9.97. The Morgan fingerprint density at radius 2 is 2.19 bits per heavy atom. The van der Waals surface area contributed by atoms with E-state index in [9.17, 15) is 5.11 Å². The molecule has 0 aromatic carbocycles. The van der Waals surface area contributed by atoms with Crippen molar-refractivity contribution in [2.75, 3.05) is 31.2 Å². The number of ether oxygens (including phenoxy) is 1. The van der Waals surface area contributed by atoms with Crippen LogP contribution in [0.4, 0.5) is 5.69 Å². The number of fused-ring (bicyclic) bond motifs is 1. The standard InChI is InChI=1S/C23H34N6O3/c1-15-11-21-19(24-17(15)3)7-5-6-9-28(21)10-8-16(2)26-32-18(4)20-12-29(27-25-20)22-13-31-14-23(22)30/h11-12,18,22-23,30H,5-10,13-14H2,1-4H3/b26-16-/t18-,22-,23-/m1/s1. The van der Waals surface area contributed by atoms with Crippen LogP contribution in [0.5, 0.6) is 0 Å². The Bertz CT molecular complexity index is 959. The van der Waals surface area contributed by atoms with Gasteiger partial charge in [-0.3, -0.25) is 4.98 Å². The second-order valence-electron chi connectivity index (χ2n) is 8.92. The van der Waals surface area contributed by atoms with Crippen LogP contribution in [0.2, 0.25) is 0 Å². The predicted octanol–water partition coefficient (Wildman–Crippen LogP) is 2.91. The molecule has 0 saturated carbocycles. The summed E-state index contributed by atoms with van der Waals surface area (Å²) < 4.78 is 6.94. The molecule has 3 atom stereocenters. The number of aliphatic hydroxyl groups is 1. The number of oxime groups is 1. The lowest BCUT2D eigenvalue weighted by Gasteiger charge is -2.25. The normalized spacial score (nSPS) is 22.5. The topological polar surface area (TPSA) is 97.9 Å². The van der Waals surface area contributed by atoms with Gasteiger partial charge in [0.2, 0.25) is 0 Å². The van der Waals surface area contributed by atoms with E-state index in [4.69, 9.17) is 14.6 Å². The maximum Gasteiger partial charge on any atom is 0.169 e. The molecule has 174 valence electrons. The molecule has 2 aromatic heterocycles. The van der Waals surface area contributed by atoms with Gasteiger partial charge in [0, 0.05) is 25.2 Å². The van der Waals surface area contributed by atoms with E-state index in [2.05, 4.69) is 40.3 Å². The van der Waals surface area contributed by atoms with E-state index in [1.807, 2.05) is 13.8 Å². The first-order valence-electron chi connectivity index (χ1n) is 11.5. The van der Waals surface area contributed by atoms with Gasteiger partial charge in [-0.25, -0.2) is 4.68 Å². The van der Waals surface area contributed by atoms with Crippen LogP contribution in [-0.2, 0) is 16.0 Å². The monoisotopic (exact) mass is 442 g/mol. The lowest BCUT2D eigenvalue weighted by molar-refractivity contribution is 0.0685. The average Bonchev–Trinajstić information content (AvgIpc) is 3.38. The van der Waals surface area contributed by atoms with Crippen LogP contribution >= 0.6 is 0 Å². The van der Waals surface area contributed by atoms with Crippen molar-refractivity contribution in [1.29, 1.82) is 0 Å². The number of aromatic nitrogens is 4. The number of hydrogen-bond acceptors (Lipinski definition) is 8. The van der Waals surface area contributed by atoms with E-state index < -0.39 is 6.10 Å². The Labute approximate surface area is 189 Å². The van der Waals surface area contributed by atoms with E-state index in [0.29, 0.717) is 18.9 Å². The van der Waals surface area contributed by atoms with E-state index in [-0.39, 0.29) is 12.1 Å². The molecule has 1 N–H and O–H groups in total. The van der Waals surface area contributed by atoms with E-state index in [1.54, 1.807) is 10.9 Å². The number of aryl methyl sites for hydroxylation is 3. The van der Waals surface area contributed by atoms with Crippen LogP contribution in [-0.4, -0.2) is 63.2 Å². The summed E-state index contributed by atoms with van der Waals surface area (Å²) >= 11 is 0. The second-order valence-corrected chi connectivity index (χ2v) is 8.92. The molecule has 0 spiro atoms. The largest absolute Gasteiger partial charge is 0.388 e. The number of hydrogen-bond donors (Lipinski definition) is 1. The van der Waals surface area contributed by atoms with Crippen LogP contribution in [0.25, 0.3) is 0 Å². The van der Waals surface area contributed by atoms with Crippen LogP contribution < -0.4 is 4.90 Å². The summed E-state index contributed by atoms with van der Waals surface area (Å²) in [5, 5.41) is 22.6. The van der Waals surface area contributed by atoms with Crippen LogP contribution in [0.15, 0.2) is 17.4 Å². The minimum Gasteiger partial charge on any atom is -0.388 e. The summed E-state index contributed by atoms with van der Waals surface area (Å²) in [5.41, 5.74) is 6.46. The average molecular weight is 443 g/mol. The summed E-state index contributed by atoms with van der Waals surface area (Å²) in [6, 6.07) is 2.08. The molecule has 2 aliphatic rings. The number of pyridine rings is 1. The van der Waals surface area contributed by atoms with E-state index in [0.717, 1.165) is 37.3 Å². The molecule has 0 unspecified atom stereocenters. The Morgan fingerprint density at radius 3 is 2.97 bits per heavy atom. The third kappa shape index (κ3) is 5.10. The zero-order valence-electron chi connectivity index (χ0n) is 19.5. The Hall–Kier alpha value is -2.52. The van der Waals surface area contributed by atoms with Gasteiger partial charge in [0.05, 0.1) is 36.5 Å². The molecule has 0 aliphatic carbocycles. The van der Waals surface area contributed by atoms with Crippen molar-refractivity contribution in [2.24, 2.45) is 5.16 Å². The molecule has 4 rings (SSSR count).